The third kappa shape index (κ3) is 2.33. The van der Waals surface area contributed by atoms with Gasteiger partial charge in [-0.25, -0.2) is 0 Å². The summed E-state index contributed by atoms with van der Waals surface area (Å²) in [7, 11) is 0. The Hall–Kier alpha value is -0.300. The largest absolute Gasteiger partial charge is 0.375 e. The second-order valence-electron chi connectivity index (χ2n) is 3.56. The van der Waals surface area contributed by atoms with E-state index in [1.165, 1.54) is 12.8 Å². The lowest BCUT2D eigenvalue weighted by atomic mass is 9.92. The van der Waals surface area contributed by atoms with Crippen molar-refractivity contribution in [3.8, 4) is 0 Å². The maximum absolute atomic E-state index is 5.77. The summed E-state index contributed by atoms with van der Waals surface area (Å²) in [5.74, 6) is 0.712. The molecule has 1 rings (SSSR count). The van der Waals surface area contributed by atoms with Crippen molar-refractivity contribution in [1.29, 1.82) is 0 Å². The van der Waals surface area contributed by atoms with E-state index >= 15 is 0 Å². The van der Waals surface area contributed by atoms with Crippen LogP contribution in [-0.4, -0.2) is 12.2 Å². The van der Waals surface area contributed by atoms with Gasteiger partial charge in [0.05, 0.1) is 12.2 Å². The molecule has 3 atom stereocenters. The Bertz CT molecular complexity index is 131. The van der Waals surface area contributed by atoms with Gasteiger partial charge in [0.25, 0.3) is 0 Å². The first-order valence-corrected chi connectivity index (χ1v) is 4.50. The smallest absolute Gasteiger partial charge is 0.0638 e. The molecule has 1 fully saturated rings. The van der Waals surface area contributed by atoms with Crippen LogP contribution in [0, 0.1) is 5.92 Å². The molecule has 0 aromatic rings. The van der Waals surface area contributed by atoms with Gasteiger partial charge in [0.2, 0.25) is 0 Å². The molecule has 0 aromatic carbocycles. The second-order valence-corrected chi connectivity index (χ2v) is 3.56. The van der Waals surface area contributed by atoms with Gasteiger partial charge in [0.1, 0.15) is 0 Å². The van der Waals surface area contributed by atoms with Gasteiger partial charge in [-0.1, -0.05) is 13.0 Å². The highest BCUT2D eigenvalue weighted by Gasteiger charge is 2.24. The first-order chi connectivity index (χ1) is 5.24. The average molecular weight is 154 g/mol. The van der Waals surface area contributed by atoms with Crippen LogP contribution in [0.3, 0.4) is 0 Å². The molecule has 1 nitrogen and oxygen atoms in total. The molecule has 0 bridgehead atoms. The van der Waals surface area contributed by atoms with E-state index in [2.05, 4.69) is 20.4 Å². The molecule has 1 heterocycles. The minimum absolute atomic E-state index is 0.427. The fraction of sp³-hybridized carbons (Fsp3) is 0.800. The normalized spacial score (nSPS) is 38.5. The molecule has 1 aliphatic rings. The SMILES string of the molecule is C=CC[C@@H]1O[C@H](C)CC[C@@H]1C. The highest BCUT2D eigenvalue weighted by Crippen LogP contribution is 2.26. The van der Waals surface area contributed by atoms with Crippen LogP contribution in [0.2, 0.25) is 0 Å². The summed E-state index contributed by atoms with van der Waals surface area (Å²) >= 11 is 0. The maximum Gasteiger partial charge on any atom is 0.0638 e. The van der Waals surface area contributed by atoms with Crippen LogP contribution < -0.4 is 0 Å². The van der Waals surface area contributed by atoms with E-state index in [-0.39, 0.29) is 0 Å². The standard InChI is InChI=1S/C10H18O/c1-4-5-10-8(2)6-7-9(3)11-10/h4,8-10H,1,5-7H2,2-3H3/t8-,9+,10-/m0/s1. The summed E-state index contributed by atoms with van der Waals surface area (Å²) in [4.78, 5) is 0. The van der Waals surface area contributed by atoms with E-state index in [0.29, 0.717) is 18.1 Å². The molecule has 0 unspecified atom stereocenters. The van der Waals surface area contributed by atoms with Gasteiger partial charge in [0, 0.05) is 0 Å². The fourth-order valence-electron chi connectivity index (χ4n) is 1.64. The zero-order chi connectivity index (χ0) is 8.27. The summed E-state index contributed by atoms with van der Waals surface area (Å²) in [5, 5.41) is 0. The van der Waals surface area contributed by atoms with Crippen molar-refractivity contribution < 1.29 is 4.74 Å². The van der Waals surface area contributed by atoms with Crippen LogP contribution in [-0.2, 0) is 4.74 Å². The van der Waals surface area contributed by atoms with Crippen molar-refractivity contribution in [2.24, 2.45) is 5.92 Å². The zero-order valence-electron chi connectivity index (χ0n) is 7.55. The highest BCUT2D eigenvalue weighted by molar-refractivity contribution is 4.81. The Balaban J connectivity index is 2.40. The molecule has 1 saturated heterocycles. The summed E-state index contributed by atoms with van der Waals surface area (Å²) in [5.41, 5.74) is 0. The Morgan fingerprint density at radius 2 is 2.18 bits per heavy atom. The molecule has 0 aromatic heterocycles. The molecule has 1 heteroatoms. The number of hydrogen-bond acceptors (Lipinski definition) is 1. The van der Waals surface area contributed by atoms with Crippen molar-refractivity contribution in [3.05, 3.63) is 12.7 Å². The van der Waals surface area contributed by atoms with E-state index in [0.717, 1.165) is 6.42 Å². The van der Waals surface area contributed by atoms with Crippen molar-refractivity contribution in [3.63, 3.8) is 0 Å². The van der Waals surface area contributed by atoms with Crippen LogP contribution in [0.1, 0.15) is 33.1 Å². The Morgan fingerprint density at radius 1 is 1.45 bits per heavy atom. The molecule has 11 heavy (non-hydrogen) atoms. The molecule has 0 N–H and O–H groups in total. The average Bonchev–Trinajstić information content (AvgIpc) is 1.98. The molecule has 0 saturated carbocycles. The summed E-state index contributed by atoms with van der Waals surface area (Å²) < 4.78 is 5.77. The van der Waals surface area contributed by atoms with Crippen LogP contribution in [0.5, 0.6) is 0 Å². The van der Waals surface area contributed by atoms with Crippen molar-refractivity contribution >= 4 is 0 Å². The van der Waals surface area contributed by atoms with Gasteiger partial charge in [-0.05, 0) is 32.1 Å². The van der Waals surface area contributed by atoms with Crippen LogP contribution in [0.15, 0.2) is 12.7 Å². The number of hydrogen-bond donors (Lipinski definition) is 0. The van der Waals surface area contributed by atoms with E-state index in [4.69, 9.17) is 4.74 Å². The third-order valence-electron chi connectivity index (χ3n) is 2.47. The first kappa shape index (κ1) is 8.79. The lowest BCUT2D eigenvalue weighted by Crippen LogP contribution is -2.31. The van der Waals surface area contributed by atoms with E-state index in [1.807, 2.05) is 6.08 Å². The second kappa shape index (κ2) is 3.91. The Labute approximate surface area is 69.4 Å². The summed E-state index contributed by atoms with van der Waals surface area (Å²) in [6.07, 6.45) is 6.37. The monoisotopic (exact) mass is 154 g/mol. The summed E-state index contributed by atoms with van der Waals surface area (Å²) in [6, 6.07) is 0. The predicted octanol–water partition coefficient (Wildman–Crippen LogP) is 2.77. The van der Waals surface area contributed by atoms with Crippen LogP contribution in [0.25, 0.3) is 0 Å². The molecular formula is C10H18O. The minimum atomic E-state index is 0.427. The van der Waals surface area contributed by atoms with E-state index in [1.54, 1.807) is 0 Å². The zero-order valence-corrected chi connectivity index (χ0v) is 7.55. The number of rotatable bonds is 2. The molecule has 0 amide bonds. The van der Waals surface area contributed by atoms with Crippen LogP contribution >= 0.6 is 0 Å². The lowest BCUT2D eigenvalue weighted by molar-refractivity contribution is -0.0675. The third-order valence-corrected chi connectivity index (χ3v) is 2.47. The maximum atomic E-state index is 5.77. The van der Waals surface area contributed by atoms with Gasteiger partial charge >= 0.3 is 0 Å². The Kier molecular flexibility index (Phi) is 3.13. The molecule has 0 aliphatic carbocycles. The van der Waals surface area contributed by atoms with Gasteiger partial charge in [-0.15, -0.1) is 6.58 Å². The topological polar surface area (TPSA) is 9.23 Å². The van der Waals surface area contributed by atoms with Gasteiger partial charge in [-0.2, -0.15) is 0 Å². The number of ether oxygens (including phenoxy) is 1. The Morgan fingerprint density at radius 3 is 2.82 bits per heavy atom. The van der Waals surface area contributed by atoms with Gasteiger partial charge < -0.3 is 4.74 Å². The van der Waals surface area contributed by atoms with Gasteiger partial charge in [-0.3, -0.25) is 0 Å². The summed E-state index contributed by atoms with van der Waals surface area (Å²) in [6.45, 7) is 8.15. The molecule has 0 radical (unpaired) electrons. The van der Waals surface area contributed by atoms with Crippen molar-refractivity contribution in [2.75, 3.05) is 0 Å². The van der Waals surface area contributed by atoms with Crippen molar-refractivity contribution in [2.45, 2.75) is 45.3 Å². The molecule has 0 spiro atoms. The minimum Gasteiger partial charge on any atom is -0.375 e. The highest BCUT2D eigenvalue weighted by atomic mass is 16.5. The van der Waals surface area contributed by atoms with Crippen molar-refractivity contribution in [1.82, 2.24) is 0 Å². The first-order valence-electron chi connectivity index (χ1n) is 4.50. The molecular weight excluding hydrogens is 136 g/mol. The molecule has 64 valence electrons. The van der Waals surface area contributed by atoms with Crippen LogP contribution in [0.4, 0.5) is 0 Å². The van der Waals surface area contributed by atoms with E-state index in [9.17, 15) is 0 Å². The van der Waals surface area contributed by atoms with E-state index < -0.39 is 0 Å². The van der Waals surface area contributed by atoms with Gasteiger partial charge in [0.15, 0.2) is 0 Å². The molecule has 1 aliphatic heterocycles. The quantitative estimate of drug-likeness (QED) is 0.556. The fourth-order valence-corrected chi connectivity index (χ4v) is 1.64. The predicted molar refractivity (Wildman–Crippen MR) is 47.5 cm³/mol. The lowest BCUT2D eigenvalue weighted by Gasteiger charge is -2.32.